The lowest BCUT2D eigenvalue weighted by atomic mass is 10.0. The molecule has 3 N–H and O–H groups in total. The number of nitrogens with one attached hydrogen (secondary N) is 2. The van der Waals surface area contributed by atoms with Crippen LogP contribution in [0.4, 0.5) is 5.69 Å². The zero-order valence-corrected chi connectivity index (χ0v) is 17.3. The zero-order chi connectivity index (χ0) is 21.1. The number of rotatable bonds is 4. The maximum absolute atomic E-state index is 12.7. The number of anilines is 1. The van der Waals surface area contributed by atoms with Crippen LogP contribution in [0.15, 0.2) is 77.2 Å². The molecule has 1 aromatic heterocycles. The Morgan fingerprint density at radius 1 is 0.967 bits per heavy atom. The van der Waals surface area contributed by atoms with Gasteiger partial charge in [0.05, 0.1) is 0 Å². The van der Waals surface area contributed by atoms with E-state index in [1.807, 2.05) is 42.5 Å². The molecular formula is C23H17ClN2O3S. The number of carbonyl (C=O) groups excluding carboxylic acids is 1. The second-order valence-corrected chi connectivity index (χ2v) is 7.37. The van der Waals surface area contributed by atoms with Crippen LogP contribution in [-0.4, -0.2) is 16.1 Å². The summed E-state index contributed by atoms with van der Waals surface area (Å²) in [7, 11) is 0. The number of carbonyl (C=O) groups is 1. The molecule has 0 aliphatic heterocycles. The first kappa shape index (κ1) is 20.1. The molecule has 5 nitrogen and oxygen atoms in total. The SMILES string of the molecule is O=C(NC(=S)Nc1ccc(-c2ccc(CO)o2)cc1)c1cccc2c(Cl)cccc12. The van der Waals surface area contributed by atoms with E-state index >= 15 is 0 Å². The third kappa shape index (κ3) is 4.21. The van der Waals surface area contributed by atoms with Crippen LogP contribution in [0.5, 0.6) is 0 Å². The summed E-state index contributed by atoms with van der Waals surface area (Å²) in [5.41, 5.74) is 2.08. The maximum Gasteiger partial charge on any atom is 0.258 e. The summed E-state index contributed by atoms with van der Waals surface area (Å²) in [4.78, 5) is 12.7. The minimum absolute atomic E-state index is 0.142. The summed E-state index contributed by atoms with van der Waals surface area (Å²) in [5.74, 6) is 0.853. The lowest BCUT2D eigenvalue weighted by Gasteiger charge is -2.11. The lowest BCUT2D eigenvalue weighted by molar-refractivity contribution is 0.0979. The summed E-state index contributed by atoms with van der Waals surface area (Å²) in [5, 5.41) is 17.2. The van der Waals surface area contributed by atoms with E-state index in [9.17, 15) is 4.79 Å². The van der Waals surface area contributed by atoms with E-state index in [4.69, 9.17) is 33.3 Å². The van der Waals surface area contributed by atoms with Crippen LogP contribution >= 0.6 is 23.8 Å². The number of amides is 1. The fraction of sp³-hybridized carbons (Fsp3) is 0.0435. The van der Waals surface area contributed by atoms with Crippen molar-refractivity contribution in [3.05, 3.63) is 89.1 Å². The lowest BCUT2D eigenvalue weighted by Crippen LogP contribution is -2.34. The van der Waals surface area contributed by atoms with E-state index < -0.39 is 0 Å². The van der Waals surface area contributed by atoms with Gasteiger partial charge in [-0.25, -0.2) is 0 Å². The van der Waals surface area contributed by atoms with E-state index in [1.54, 1.807) is 30.3 Å². The normalized spacial score (nSPS) is 10.7. The molecule has 0 spiro atoms. The van der Waals surface area contributed by atoms with Gasteiger partial charge in [-0.2, -0.15) is 0 Å². The van der Waals surface area contributed by atoms with Gasteiger partial charge < -0.3 is 14.8 Å². The van der Waals surface area contributed by atoms with Crippen LogP contribution in [0.3, 0.4) is 0 Å². The summed E-state index contributed by atoms with van der Waals surface area (Å²) < 4.78 is 5.52. The molecular weight excluding hydrogens is 420 g/mol. The molecule has 7 heteroatoms. The molecule has 0 atom stereocenters. The minimum atomic E-state index is -0.316. The molecule has 0 aliphatic carbocycles. The second-order valence-electron chi connectivity index (χ2n) is 6.55. The second kappa shape index (κ2) is 8.67. The molecule has 4 rings (SSSR count). The Morgan fingerprint density at radius 3 is 2.43 bits per heavy atom. The van der Waals surface area contributed by atoms with Crippen molar-refractivity contribution < 1.29 is 14.3 Å². The molecule has 0 unspecified atom stereocenters. The molecule has 0 bridgehead atoms. The Morgan fingerprint density at radius 2 is 1.70 bits per heavy atom. The average Bonchev–Trinajstić information content (AvgIpc) is 3.23. The van der Waals surface area contributed by atoms with Gasteiger partial charge in [-0.3, -0.25) is 10.1 Å². The summed E-state index contributed by atoms with van der Waals surface area (Å²) >= 11 is 11.5. The molecule has 0 fully saturated rings. The van der Waals surface area contributed by atoms with Crippen LogP contribution < -0.4 is 10.6 Å². The molecule has 150 valence electrons. The van der Waals surface area contributed by atoms with Gasteiger partial charge in [0.1, 0.15) is 18.1 Å². The molecule has 4 aromatic rings. The van der Waals surface area contributed by atoms with E-state index in [1.165, 1.54) is 0 Å². The van der Waals surface area contributed by atoms with E-state index in [-0.39, 0.29) is 17.6 Å². The van der Waals surface area contributed by atoms with Gasteiger partial charge in [-0.1, -0.05) is 35.9 Å². The van der Waals surface area contributed by atoms with Crippen LogP contribution in [0.2, 0.25) is 5.02 Å². The monoisotopic (exact) mass is 436 g/mol. The maximum atomic E-state index is 12.7. The van der Waals surface area contributed by atoms with Crippen molar-refractivity contribution in [1.82, 2.24) is 5.32 Å². The standard InChI is InChI=1S/C23H17ClN2O3S/c24-20-6-2-3-17-18(20)4-1-5-19(17)22(28)26-23(30)25-15-9-7-14(8-10-15)21-12-11-16(13-27)29-21/h1-12,27H,13H2,(H2,25,26,28,30). The Kier molecular flexibility index (Phi) is 5.81. The first-order valence-corrected chi connectivity index (χ1v) is 9.93. The predicted octanol–water partition coefficient (Wildman–Crippen LogP) is 5.37. The van der Waals surface area contributed by atoms with Gasteiger partial charge in [0.25, 0.3) is 5.91 Å². The van der Waals surface area contributed by atoms with Gasteiger partial charge in [0, 0.05) is 27.2 Å². The summed E-state index contributed by atoms with van der Waals surface area (Å²) in [6, 6.07) is 21.7. The number of benzene rings is 3. The van der Waals surface area contributed by atoms with Gasteiger partial charge in [0.2, 0.25) is 0 Å². The van der Waals surface area contributed by atoms with Crippen molar-refractivity contribution in [3.63, 3.8) is 0 Å². The molecule has 0 saturated carbocycles. The van der Waals surface area contributed by atoms with E-state index in [0.29, 0.717) is 22.1 Å². The molecule has 0 radical (unpaired) electrons. The Hall–Kier alpha value is -3.19. The number of furan rings is 1. The minimum Gasteiger partial charge on any atom is -0.459 e. The number of halogens is 1. The third-order valence-electron chi connectivity index (χ3n) is 4.59. The summed E-state index contributed by atoms with van der Waals surface area (Å²) in [6.07, 6.45) is 0. The molecule has 1 amide bonds. The Balaban J connectivity index is 1.45. The van der Waals surface area contributed by atoms with E-state index in [0.717, 1.165) is 22.0 Å². The molecule has 30 heavy (non-hydrogen) atoms. The van der Waals surface area contributed by atoms with Crippen molar-refractivity contribution in [2.24, 2.45) is 0 Å². The predicted molar refractivity (Wildman–Crippen MR) is 123 cm³/mol. The fourth-order valence-corrected chi connectivity index (χ4v) is 3.59. The van der Waals surface area contributed by atoms with Gasteiger partial charge in [-0.05, 0) is 66.1 Å². The largest absolute Gasteiger partial charge is 0.459 e. The number of fused-ring (bicyclic) bond motifs is 1. The number of hydrogen-bond donors (Lipinski definition) is 3. The molecule has 3 aromatic carbocycles. The Labute approximate surface area is 183 Å². The van der Waals surface area contributed by atoms with Crippen LogP contribution in [0.25, 0.3) is 22.1 Å². The summed E-state index contributed by atoms with van der Waals surface area (Å²) in [6.45, 7) is -0.142. The molecule has 1 heterocycles. The number of aliphatic hydroxyl groups is 1. The van der Waals surface area contributed by atoms with Crippen molar-refractivity contribution in [1.29, 1.82) is 0 Å². The average molecular weight is 437 g/mol. The third-order valence-corrected chi connectivity index (χ3v) is 5.12. The van der Waals surface area contributed by atoms with Crippen molar-refractivity contribution >= 4 is 51.3 Å². The van der Waals surface area contributed by atoms with Crippen molar-refractivity contribution in [3.8, 4) is 11.3 Å². The smallest absolute Gasteiger partial charge is 0.258 e. The first-order valence-electron chi connectivity index (χ1n) is 9.15. The highest BCUT2D eigenvalue weighted by atomic mass is 35.5. The topological polar surface area (TPSA) is 74.5 Å². The van der Waals surface area contributed by atoms with E-state index in [2.05, 4.69) is 10.6 Å². The first-order chi connectivity index (χ1) is 14.5. The Bertz CT molecular complexity index is 1230. The van der Waals surface area contributed by atoms with Gasteiger partial charge in [0.15, 0.2) is 5.11 Å². The van der Waals surface area contributed by atoms with Crippen LogP contribution in [0.1, 0.15) is 16.1 Å². The highest BCUT2D eigenvalue weighted by molar-refractivity contribution is 7.80. The van der Waals surface area contributed by atoms with Crippen LogP contribution in [-0.2, 0) is 6.61 Å². The number of aliphatic hydroxyl groups excluding tert-OH is 1. The van der Waals surface area contributed by atoms with Crippen LogP contribution in [0, 0.1) is 0 Å². The van der Waals surface area contributed by atoms with Gasteiger partial charge in [-0.15, -0.1) is 0 Å². The van der Waals surface area contributed by atoms with Crippen molar-refractivity contribution in [2.45, 2.75) is 6.61 Å². The molecule has 0 aliphatic rings. The fourth-order valence-electron chi connectivity index (χ4n) is 3.14. The highest BCUT2D eigenvalue weighted by Crippen LogP contribution is 2.26. The number of thiocarbonyl (C=S) groups is 1. The zero-order valence-electron chi connectivity index (χ0n) is 15.7. The molecule has 0 saturated heterocycles. The highest BCUT2D eigenvalue weighted by Gasteiger charge is 2.13. The van der Waals surface area contributed by atoms with Gasteiger partial charge >= 0.3 is 0 Å². The number of hydrogen-bond acceptors (Lipinski definition) is 4. The van der Waals surface area contributed by atoms with Crippen molar-refractivity contribution in [2.75, 3.05) is 5.32 Å². The quantitative estimate of drug-likeness (QED) is 0.375.